The summed E-state index contributed by atoms with van der Waals surface area (Å²) >= 11 is 5.92. The molecule has 0 aromatic heterocycles. The number of rotatable bonds is 6. The van der Waals surface area contributed by atoms with Crippen molar-refractivity contribution in [2.75, 3.05) is 31.6 Å². The number of nitrogens with zero attached hydrogens (tertiary/aromatic N) is 2. The van der Waals surface area contributed by atoms with E-state index in [0.717, 1.165) is 43.6 Å². The van der Waals surface area contributed by atoms with Crippen LogP contribution in [0.15, 0.2) is 65.7 Å². The van der Waals surface area contributed by atoms with E-state index in [-0.39, 0.29) is 24.0 Å². The third-order valence-corrected chi connectivity index (χ3v) is 4.65. The monoisotopic (exact) mass is 496 g/mol. The highest BCUT2D eigenvalue weighted by Gasteiger charge is 2.08. The predicted octanol–water partition coefficient (Wildman–Crippen LogP) is 4.24. The fourth-order valence-electron chi connectivity index (χ4n) is 2.93. The Hall–Kier alpha value is -1.73. The number of benzene rings is 2. The molecule has 1 aliphatic rings. The summed E-state index contributed by atoms with van der Waals surface area (Å²) in [7, 11) is 1.80. The van der Waals surface area contributed by atoms with Gasteiger partial charge in [0.1, 0.15) is 0 Å². The number of hydrogen-bond acceptors (Lipinski definition) is 2. The number of aliphatic imine (C=N–C) groups is 1. The van der Waals surface area contributed by atoms with E-state index in [1.54, 1.807) is 7.05 Å². The smallest absolute Gasteiger partial charge is 0.191 e. The average Bonchev–Trinajstić information content (AvgIpc) is 3.21. The summed E-state index contributed by atoms with van der Waals surface area (Å²) < 4.78 is 0. The van der Waals surface area contributed by atoms with Gasteiger partial charge in [-0.15, -0.1) is 24.0 Å². The van der Waals surface area contributed by atoms with Gasteiger partial charge in [0, 0.05) is 43.9 Å². The third-order valence-electron chi connectivity index (χ3n) is 4.40. The first-order chi connectivity index (χ1) is 12.7. The summed E-state index contributed by atoms with van der Waals surface area (Å²) in [5.74, 6) is 0.812. The highest BCUT2D eigenvalue weighted by atomic mass is 127. The Morgan fingerprint density at radius 2 is 1.78 bits per heavy atom. The number of hydrogen-bond donors (Lipinski definition) is 2. The van der Waals surface area contributed by atoms with E-state index >= 15 is 0 Å². The van der Waals surface area contributed by atoms with Gasteiger partial charge in [-0.25, -0.2) is 0 Å². The van der Waals surface area contributed by atoms with Crippen LogP contribution < -0.4 is 15.5 Å². The standard InChI is InChI=1S/C21H25ClN4.HI/c1-23-21(24-12-11-17-7-9-19(22)10-8-17)25-16-18-5-4-6-20(15-18)26-13-2-3-14-26;/h2-10,15H,11-14,16H2,1H3,(H2,23,24,25);1H. The SMILES string of the molecule is CN=C(NCCc1ccc(Cl)cc1)NCc1cccc(N2CC=CC2)c1.I. The Kier molecular flexibility index (Phi) is 8.94. The lowest BCUT2D eigenvalue weighted by atomic mass is 10.1. The van der Waals surface area contributed by atoms with Gasteiger partial charge in [-0.05, 0) is 41.8 Å². The van der Waals surface area contributed by atoms with Crippen molar-refractivity contribution in [2.45, 2.75) is 13.0 Å². The lowest BCUT2D eigenvalue weighted by molar-refractivity contribution is 0.794. The van der Waals surface area contributed by atoms with Gasteiger partial charge in [-0.2, -0.15) is 0 Å². The Labute approximate surface area is 183 Å². The molecule has 0 fully saturated rings. The fourth-order valence-corrected chi connectivity index (χ4v) is 3.06. The first-order valence-electron chi connectivity index (χ1n) is 8.92. The molecule has 2 aromatic rings. The molecule has 0 aliphatic carbocycles. The van der Waals surface area contributed by atoms with Crippen molar-refractivity contribution < 1.29 is 0 Å². The zero-order chi connectivity index (χ0) is 18.2. The van der Waals surface area contributed by atoms with Gasteiger partial charge >= 0.3 is 0 Å². The second kappa shape index (κ2) is 11.2. The molecular formula is C21H26ClIN4. The van der Waals surface area contributed by atoms with Crippen LogP contribution in [0.1, 0.15) is 11.1 Å². The van der Waals surface area contributed by atoms with Crippen molar-refractivity contribution in [3.63, 3.8) is 0 Å². The van der Waals surface area contributed by atoms with Crippen LogP contribution in [0.25, 0.3) is 0 Å². The average molecular weight is 497 g/mol. The molecule has 1 aliphatic heterocycles. The molecule has 4 nitrogen and oxygen atoms in total. The first kappa shape index (κ1) is 21.6. The van der Waals surface area contributed by atoms with E-state index in [2.05, 4.69) is 69.1 Å². The van der Waals surface area contributed by atoms with E-state index in [9.17, 15) is 0 Å². The summed E-state index contributed by atoms with van der Waals surface area (Å²) in [5, 5.41) is 7.51. The number of halogens is 2. The molecule has 0 amide bonds. The van der Waals surface area contributed by atoms with Crippen LogP contribution in [0.2, 0.25) is 5.02 Å². The van der Waals surface area contributed by atoms with E-state index in [0.29, 0.717) is 0 Å². The summed E-state index contributed by atoms with van der Waals surface area (Å²) in [6.07, 6.45) is 5.34. The molecule has 0 bridgehead atoms. The lowest BCUT2D eigenvalue weighted by Crippen LogP contribution is -2.37. The van der Waals surface area contributed by atoms with Gasteiger partial charge in [0.05, 0.1) is 0 Å². The molecule has 6 heteroatoms. The summed E-state index contributed by atoms with van der Waals surface area (Å²) in [6, 6.07) is 16.6. The zero-order valence-electron chi connectivity index (χ0n) is 15.5. The normalized spacial score (nSPS) is 13.4. The van der Waals surface area contributed by atoms with Crippen molar-refractivity contribution in [2.24, 2.45) is 4.99 Å². The molecule has 0 saturated heterocycles. The third kappa shape index (κ3) is 6.74. The molecule has 0 unspecified atom stereocenters. The van der Waals surface area contributed by atoms with Crippen molar-refractivity contribution >= 4 is 47.2 Å². The van der Waals surface area contributed by atoms with Crippen LogP contribution >= 0.6 is 35.6 Å². The van der Waals surface area contributed by atoms with E-state index in [4.69, 9.17) is 11.6 Å². The summed E-state index contributed by atoms with van der Waals surface area (Å²) in [4.78, 5) is 6.65. The van der Waals surface area contributed by atoms with E-state index in [1.165, 1.54) is 16.8 Å². The van der Waals surface area contributed by atoms with Gasteiger partial charge in [0.25, 0.3) is 0 Å². The van der Waals surface area contributed by atoms with Crippen LogP contribution in [-0.4, -0.2) is 32.6 Å². The molecule has 1 heterocycles. The lowest BCUT2D eigenvalue weighted by Gasteiger charge is -2.19. The van der Waals surface area contributed by atoms with Gasteiger partial charge in [0.2, 0.25) is 0 Å². The van der Waals surface area contributed by atoms with E-state index < -0.39 is 0 Å². The first-order valence-corrected chi connectivity index (χ1v) is 9.30. The minimum Gasteiger partial charge on any atom is -0.364 e. The predicted molar refractivity (Wildman–Crippen MR) is 127 cm³/mol. The van der Waals surface area contributed by atoms with Crippen LogP contribution in [0, 0.1) is 0 Å². The molecule has 2 N–H and O–H groups in total. The minimum absolute atomic E-state index is 0. The summed E-state index contributed by atoms with van der Waals surface area (Å²) in [5.41, 5.74) is 3.76. The Morgan fingerprint density at radius 1 is 1.04 bits per heavy atom. The van der Waals surface area contributed by atoms with Gasteiger partial charge < -0.3 is 15.5 Å². The quantitative estimate of drug-likeness (QED) is 0.272. The fraction of sp³-hybridized carbons (Fsp3) is 0.286. The molecule has 2 aromatic carbocycles. The van der Waals surface area contributed by atoms with Crippen LogP contribution in [0.4, 0.5) is 5.69 Å². The van der Waals surface area contributed by atoms with Crippen LogP contribution in [0.5, 0.6) is 0 Å². The topological polar surface area (TPSA) is 39.7 Å². The number of nitrogens with one attached hydrogen (secondary N) is 2. The largest absolute Gasteiger partial charge is 0.364 e. The van der Waals surface area contributed by atoms with Crippen molar-refractivity contribution in [3.8, 4) is 0 Å². The maximum Gasteiger partial charge on any atom is 0.191 e. The van der Waals surface area contributed by atoms with Crippen LogP contribution in [-0.2, 0) is 13.0 Å². The molecule has 0 saturated carbocycles. The molecule has 27 heavy (non-hydrogen) atoms. The van der Waals surface area contributed by atoms with Gasteiger partial charge in [-0.3, -0.25) is 4.99 Å². The Balaban J connectivity index is 0.00000261. The van der Waals surface area contributed by atoms with Crippen LogP contribution in [0.3, 0.4) is 0 Å². The zero-order valence-corrected chi connectivity index (χ0v) is 18.6. The van der Waals surface area contributed by atoms with Gasteiger partial charge in [-0.1, -0.05) is 48.0 Å². The highest BCUT2D eigenvalue weighted by molar-refractivity contribution is 14.0. The summed E-state index contributed by atoms with van der Waals surface area (Å²) in [6.45, 7) is 3.55. The number of guanidine groups is 1. The molecule has 3 rings (SSSR count). The maximum atomic E-state index is 5.92. The van der Waals surface area contributed by atoms with E-state index in [1.807, 2.05) is 12.1 Å². The molecule has 0 atom stereocenters. The maximum absolute atomic E-state index is 5.92. The Bertz CT molecular complexity index is 766. The van der Waals surface area contributed by atoms with Gasteiger partial charge in [0.15, 0.2) is 5.96 Å². The molecule has 0 radical (unpaired) electrons. The van der Waals surface area contributed by atoms with Crippen molar-refractivity contribution in [3.05, 3.63) is 76.8 Å². The van der Waals surface area contributed by atoms with Crippen molar-refractivity contribution in [1.29, 1.82) is 0 Å². The second-order valence-corrected chi connectivity index (χ2v) is 6.71. The number of anilines is 1. The highest BCUT2D eigenvalue weighted by Crippen LogP contribution is 2.18. The van der Waals surface area contributed by atoms with Crippen molar-refractivity contribution in [1.82, 2.24) is 10.6 Å². The molecule has 0 spiro atoms. The minimum atomic E-state index is 0. The Morgan fingerprint density at radius 3 is 2.48 bits per heavy atom. The molecular weight excluding hydrogens is 471 g/mol. The molecule has 144 valence electrons. The second-order valence-electron chi connectivity index (χ2n) is 6.28.